The fourth-order valence-corrected chi connectivity index (χ4v) is 10.8. The molecule has 6 heterocycles. The number of fused-ring (bicyclic) bond motifs is 2. The third-order valence-corrected chi connectivity index (χ3v) is 14.6. The van der Waals surface area contributed by atoms with Gasteiger partial charge >= 0.3 is 6.01 Å². The summed E-state index contributed by atoms with van der Waals surface area (Å²) in [4.78, 5) is 44.8. The van der Waals surface area contributed by atoms with E-state index in [9.17, 15) is 14.7 Å². The van der Waals surface area contributed by atoms with Crippen molar-refractivity contribution in [3.8, 4) is 23.0 Å². The average Bonchev–Trinajstić information content (AvgIpc) is 3.94. The molecule has 5 aromatic rings. The number of carbonyl (C=O) groups excluding carboxylic acids is 2. The van der Waals surface area contributed by atoms with Crippen molar-refractivity contribution in [1.29, 1.82) is 0 Å². The number of amides is 2. The van der Waals surface area contributed by atoms with Gasteiger partial charge in [-0.05, 0) is 128 Å². The molecule has 4 aliphatic heterocycles. The number of ether oxygens (including phenoxy) is 1. The van der Waals surface area contributed by atoms with E-state index in [0.717, 1.165) is 90.8 Å². The number of carbonyl (C=O) groups is 2. The summed E-state index contributed by atoms with van der Waals surface area (Å²) >= 11 is 0. The van der Waals surface area contributed by atoms with E-state index in [2.05, 4.69) is 37.2 Å². The number of nitrogens with zero attached hydrogens (tertiary/aromatic N) is 6. The van der Waals surface area contributed by atoms with E-state index < -0.39 is 17.7 Å². The molecule has 1 spiro atoms. The van der Waals surface area contributed by atoms with Crippen LogP contribution in [-0.2, 0) is 16.0 Å². The maximum Gasteiger partial charge on any atom is 0.319 e. The Morgan fingerprint density at radius 1 is 0.938 bits per heavy atom. The van der Waals surface area contributed by atoms with Crippen molar-refractivity contribution < 1.29 is 32.6 Å². The maximum atomic E-state index is 17.1. The van der Waals surface area contributed by atoms with E-state index in [1.54, 1.807) is 30.5 Å². The van der Waals surface area contributed by atoms with Crippen LogP contribution in [0.1, 0.15) is 77.2 Å². The fraction of sp³-hybridized carbons (Fsp3) is 0.490. The van der Waals surface area contributed by atoms with Gasteiger partial charge < -0.3 is 29.9 Å². The SMILES string of the molecule is CCc1c(F)ccc2cc(O)cc(-c3ncc4c(N5CCC[C@H](C)C5)nc(OCC5(CN6CCC7(CCN(c8ccc(NC9CCC(=O)NC9=O)cc8F)CC7)C6)CC5)nc4c3F)c12. The zero-order chi connectivity index (χ0) is 44.3. The summed E-state index contributed by atoms with van der Waals surface area (Å²) < 4.78 is 54.2. The highest BCUT2D eigenvalue weighted by molar-refractivity contribution is 6.02. The molecule has 2 atom stereocenters. The lowest BCUT2D eigenvalue weighted by Gasteiger charge is -2.40. The molecule has 3 aromatic carbocycles. The molecule has 5 fully saturated rings. The summed E-state index contributed by atoms with van der Waals surface area (Å²) in [5.41, 5.74) is 1.94. The molecule has 336 valence electrons. The van der Waals surface area contributed by atoms with Crippen LogP contribution >= 0.6 is 0 Å². The van der Waals surface area contributed by atoms with Crippen LogP contribution < -0.4 is 25.2 Å². The second kappa shape index (κ2) is 16.7. The smallest absolute Gasteiger partial charge is 0.319 e. The third kappa shape index (κ3) is 8.16. The number of aryl methyl sites for hydroxylation is 1. The molecule has 2 aromatic heterocycles. The Morgan fingerprint density at radius 2 is 1.75 bits per heavy atom. The normalized spacial score (nSPS) is 22.1. The van der Waals surface area contributed by atoms with Gasteiger partial charge in [0.05, 0.1) is 17.7 Å². The number of nitrogens with one attached hydrogen (secondary N) is 2. The van der Waals surface area contributed by atoms with E-state index in [0.29, 0.717) is 69.8 Å². The van der Waals surface area contributed by atoms with Gasteiger partial charge in [0.2, 0.25) is 11.8 Å². The Kier molecular flexibility index (Phi) is 11.0. The van der Waals surface area contributed by atoms with Gasteiger partial charge in [-0.2, -0.15) is 9.97 Å². The van der Waals surface area contributed by atoms with Crippen LogP contribution in [0.2, 0.25) is 0 Å². The molecule has 10 rings (SSSR count). The molecule has 15 heteroatoms. The summed E-state index contributed by atoms with van der Waals surface area (Å²) in [5.74, 6) is -1.15. The average molecular weight is 877 g/mol. The molecule has 5 aliphatic rings. The zero-order valence-electron chi connectivity index (χ0n) is 36.5. The number of imide groups is 1. The predicted molar refractivity (Wildman–Crippen MR) is 240 cm³/mol. The number of halogens is 3. The lowest BCUT2D eigenvalue weighted by atomic mass is 9.77. The lowest BCUT2D eigenvalue weighted by molar-refractivity contribution is -0.133. The molecule has 3 N–H and O–H groups in total. The first-order chi connectivity index (χ1) is 30.9. The van der Waals surface area contributed by atoms with Crippen LogP contribution in [0, 0.1) is 34.2 Å². The van der Waals surface area contributed by atoms with Crippen LogP contribution in [-0.4, -0.2) is 95.2 Å². The molecule has 1 saturated carbocycles. The molecule has 0 radical (unpaired) electrons. The van der Waals surface area contributed by atoms with Gasteiger partial charge in [-0.15, -0.1) is 0 Å². The number of anilines is 3. The van der Waals surface area contributed by atoms with Crippen LogP contribution in [0.5, 0.6) is 11.8 Å². The van der Waals surface area contributed by atoms with Crippen molar-refractivity contribution in [2.45, 2.75) is 84.1 Å². The number of aromatic nitrogens is 3. The minimum absolute atomic E-state index is 0.0221. The number of likely N-dealkylation sites (tertiary alicyclic amines) is 1. The van der Waals surface area contributed by atoms with Gasteiger partial charge in [-0.3, -0.25) is 19.9 Å². The van der Waals surface area contributed by atoms with Crippen molar-refractivity contribution >= 4 is 50.7 Å². The first kappa shape index (κ1) is 42.3. The number of phenols is 1. The third-order valence-electron chi connectivity index (χ3n) is 14.6. The highest BCUT2D eigenvalue weighted by Crippen LogP contribution is 2.50. The Hall–Kier alpha value is -5.70. The highest BCUT2D eigenvalue weighted by Gasteiger charge is 2.49. The first-order valence-corrected chi connectivity index (χ1v) is 22.9. The maximum absolute atomic E-state index is 17.1. The van der Waals surface area contributed by atoms with Gasteiger partial charge in [0.25, 0.3) is 0 Å². The van der Waals surface area contributed by atoms with Crippen molar-refractivity contribution in [2.24, 2.45) is 16.7 Å². The summed E-state index contributed by atoms with van der Waals surface area (Å²) in [6.45, 7) is 10.3. The van der Waals surface area contributed by atoms with E-state index in [-0.39, 0.29) is 57.9 Å². The van der Waals surface area contributed by atoms with Crippen LogP contribution in [0.15, 0.2) is 48.7 Å². The number of pyridine rings is 1. The lowest BCUT2D eigenvalue weighted by Crippen LogP contribution is -2.47. The predicted octanol–water partition coefficient (Wildman–Crippen LogP) is 8.14. The summed E-state index contributed by atoms with van der Waals surface area (Å²) in [7, 11) is 0. The number of rotatable bonds is 11. The number of hydrogen-bond acceptors (Lipinski definition) is 11. The fourth-order valence-electron chi connectivity index (χ4n) is 10.8. The van der Waals surface area contributed by atoms with E-state index in [1.807, 2.05) is 6.92 Å². The Morgan fingerprint density at radius 3 is 2.50 bits per heavy atom. The van der Waals surface area contributed by atoms with E-state index in [4.69, 9.17) is 14.7 Å². The quantitative estimate of drug-likeness (QED) is 0.111. The van der Waals surface area contributed by atoms with Crippen LogP contribution in [0.25, 0.3) is 32.9 Å². The number of piperidine rings is 3. The molecular weight excluding hydrogens is 822 g/mol. The number of benzene rings is 3. The van der Waals surface area contributed by atoms with Crippen molar-refractivity contribution in [2.75, 3.05) is 67.5 Å². The Bertz CT molecular complexity index is 2650. The molecule has 1 aliphatic carbocycles. The van der Waals surface area contributed by atoms with Gasteiger partial charge in [0, 0.05) is 68.6 Å². The van der Waals surface area contributed by atoms with Crippen molar-refractivity contribution in [3.63, 3.8) is 0 Å². The van der Waals surface area contributed by atoms with Gasteiger partial charge in [-0.1, -0.05) is 19.9 Å². The van der Waals surface area contributed by atoms with E-state index >= 15 is 13.2 Å². The largest absolute Gasteiger partial charge is 0.508 e. The number of aromatic hydroxyl groups is 1. The molecule has 0 bridgehead atoms. The highest BCUT2D eigenvalue weighted by atomic mass is 19.1. The van der Waals surface area contributed by atoms with Crippen LogP contribution in [0.4, 0.5) is 30.4 Å². The van der Waals surface area contributed by atoms with E-state index in [1.165, 1.54) is 18.2 Å². The van der Waals surface area contributed by atoms with Gasteiger partial charge in [-0.25, -0.2) is 13.2 Å². The molecule has 1 unspecified atom stereocenters. The topological polar surface area (TPSA) is 136 Å². The minimum Gasteiger partial charge on any atom is -0.508 e. The standard InChI is InChI=1S/C49H55F3N8O4/c1-3-33-36(50)8-6-30-21-32(61)23-34(41(30)33)43-42(52)44-35(24-53-43)45(60-17-4-5-29(2)25-60)57-47(56-44)64-28-49(12-13-49)27-58-18-14-48(26-58)15-19-59(20-16-48)39-10-7-31(22-37(39)51)54-38-9-11-40(62)55-46(38)63/h6-8,10,21-24,29,38,54,61H,3-5,9,11-20,25-28H2,1-2H3,(H,55,62,63)/t29-,38?/m0/s1. The van der Waals surface area contributed by atoms with Gasteiger partial charge in [0.1, 0.15) is 40.5 Å². The zero-order valence-corrected chi connectivity index (χ0v) is 36.5. The Balaban J connectivity index is 0.834. The molecule has 12 nitrogen and oxygen atoms in total. The Labute approximate surface area is 370 Å². The molecule has 64 heavy (non-hydrogen) atoms. The summed E-state index contributed by atoms with van der Waals surface area (Å²) in [6, 6.07) is 10.5. The molecule has 4 saturated heterocycles. The van der Waals surface area contributed by atoms with Crippen molar-refractivity contribution in [3.05, 3.63) is 71.7 Å². The van der Waals surface area contributed by atoms with Crippen LogP contribution in [0.3, 0.4) is 0 Å². The summed E-state index contributed by atoms with van der Waals surface area (Å²) in [5, 5.41) is 17.7. The summed E-state index contributed by atoms with van der Waals surface area (Å²) in [6.07, 6.45) is 9.68. The van der Waals surface area contributed by atoms with Crippen molar-refractivity contribution in [1.82, 2.24) is 25.2 Å². The second-order valence-electron chi connectivity index (χ2n) is 19.2. The number of phenolic OH excluding ortho intramolecular Hbond substituents is 1. The monoisotopic (exact) mass is 876 g/mol. The number of hydrogen-bond donors (Lipinski definition) is 3. The molecule has 2 amide bonds. The molecular formula is C49H55F3N8O4. The second-order valence-corrected chi connectivity index (χ2v) is 19.2. The first-order valence-electron chi connectivity index (χ1n) is 22.9. The minimum atomic E-state index is -0.676. The van der Waals surface area contributed by atoms with Gasteiger partial charge in [0.15, 0.2) is 5.82 Å².